The second-order valence-electron chi connectivity index (χ2n) is 4.80. The predicted molar refractivity (Wildman–Crippen MR) is 83.8 cm³/mol. The van der Waals surface area contributed by atoms with Crippen LogP contribution in [-0.4, -0.2) is 15.7 Å². The van der Waals surface area contributed by atoms with Crippen molar-refractivity contribution in [1.29, 1.82) is 0 Å². The molecule has 0 aliphatic rings. The molecule has 4 nitrogen and oxygen atoms in total. The number of carbonyl (C=O) groups excluding carboxylic acids is 1. The third-order valence-electron chi connectivity index (χ3n) is 3.41. The molecular formula is C15H18BrN3O. The van der Waals surface area contributed by atoms with Crippen molar-refractivity contribution in [2.45, 2.75) is 26.7 Å². The van der Waals surface area contributed by atoms with Crippen LogP contribution in [0.15, 0.2) is 28.7 Å². The van der Waals surface area contributed by atoms with Crippen LogP contribution in [0.3, 0.4) is 0 Å². The van der Waals surface area contributed by atoms with E-state index in [0.717, 1.165) is 27.1 Å². The molecule has 1 N–H and O–H groups in total. The van der Waals surface area contributed by atoms with Crippen molar-refractivity contribution in [3.05, 3.63) is 45.7 Å². The van der Waals surface area contributed by atoms with Crippen LogP contribution >= 0.6 is 15.9 Å². The van der Waals surface area contributed by atoms with Gasteiger partial charge in [-0.3, -0.25) is 9.48 Å². The Hall–Kier alpha value is -1.62. The molecule has 1 amide bonds. The number of nitrogens with one attached hydrogen (secondary N) is 1. The molecule has 0 saturated heterocycles. The Balaban J connectivity index is 1.98. The first-order valence-electron chi connectivity index (χ1n) is 6.52. The van der Waals surface area contributed by atoms with E-state index in [9.17, 15) is 4.79 Å². The Morgan fingerprint density at radius 1 is 1.35 bits per heavy atom. The largest absolute Gasteiger partial charge is 0.325 e. The highest BCUT2D eigenvalue weighted by Crippen LogP contribution is 2.21. The molecule has 1 heterocycles. The van der Waals surface area contributed by atoms with Gasteiger partial charge in [-0.2, -0.15) is 5.10 Å². The van der Waals surface area contributed by atoms with Crippen molar-refractivity contribution in [2.75, 3.05) is 5.32 Å². The first-order chi connectivity index (χ1) is 9.49. The molecule has 0 saturated carbocycles. The summed E-state index contributed by atoms with van der Waals surface area (Å²) >= 11 is 3.42. The van der Waals surface area contributed by atoms with Crippen molar-refractivity contribution in [2.24, 2.45) is 7.05 Å². The Morgan fingerprint density at radius 2 is 2.05 bits per heavy atom. The second kappa shape index (κ2) is 6.22. The summed E-state index contributed by atoms with van der Waals surface area (Å²) in [7, 11) is 1.92. The fourth-order valence-corrected chi connectivity index (χ4v) is 2.58. The number of hydrogen-bond donors (Lipinski definition) is 1. The van der Waals surface area contributed by atoms with Crippen molar-refractivity contribution in [3.8, 4) is 0 Å². The summed E-state index contributed by atoms with van der Waals surface area (Å²) in [6.07, 6.45) is 1.16. The van der Waals surface area contributed by atoms with Crippen LogP contribution in [0.5, 0.6) is 0 Å². The van der Waals surface area contributed by atoms with E-state index in [2.05, 4.69) is 26.3 Å². The fourth-order valence-electron chi connectivity index (χ4n) is 2.19. The molecule has 2 aromatic rings. The summed E-state index contributed by atoms with van der Waals surface area (Å²) in [6.45, 7) is 4.01. The lowest BCUT2D eigenvalue weighted by Crippen LogP contribution is -2.13. The van der Waals surface area contributed by atoms with E-state index < -0.39 is 0 Å². The highest BCUT2D eigenvalue weighted by molar-refractivity contribution is 9.10. The molecule has 0 aliphatic heterocycles. The third kappa shape index (κ3) is 3.28. The van der Waals surface area contributed by atoms with Crippen LogP contribution in [-0.2, 0) is 18.3 Å². The van der Waals surface area contributed by atoms with Gasteiger partial charge in [-0.05, 0) is 53.9 Å². The number of para-hydroxylation sites is 1. The van der Waals surface area contributed by atoms with E-state index >= 15 is 0 Å². The number of anilines is 1. The normalized spacial score (nSPS) is 10.6. The van der Waals surface area contributed by atoms with Crippen LogP contribution < -0.4 is 5.32 Å². The predicted octanol–water partition coefficient (Wildman–Crippen LogP) is 3.37. The molecule has 0 aliphatic carbocycles. The molecule has 20 heavy (non-hydrogen) atoms. The minimum Gasteiger partial charge on any atom is -0.325 e. The van der Waals surface area contributed by atoms with Gasteiger partial charge in [-0.25, -0.2) is 0 Å². The Morgan fingerprint density at radius 3 is 2.65 bits per heavy atom. The number of rotatable bonds is 4. The van der Waals surface area contributed by atoms with Crippen molar-refractivity contribution < 1.29 is 4.79 Å². The SMILES string of the molecule is Cc1nn(C)c(C)c1CCC(=O)Nc1ccccc1Br. The maximum Gasteiger partial charge on any atom is 0.224 e. The van der Waals surface area contributed by atoms with E-state index in [-0.39, 0.29) is 5.91 Å². The molecule has 0 spiro atoms. The quantitative estimate of drug-likeness (QED) is 0.931. The number of aryl methyl sites for hydroxylation is 2. The van der Waals surface area contributed by atoms with E-state index in [1.54, 1.807) is 0 Å². The summed E-state index contributed by atoms with van der Waals surface area (Å²) < 4.78 is 2.75. The third-order valence-corrected chi connectivity index (χ3v) is 4.10. The number of nitrogens with zero attached hydrogens (tertiary/aromatic N) is 2. The molecule has 0 atom stereocenters. The van der Waals surface area contributed by atoms with Crippen molar-refractivity contribution in [1.82, 2.24) is 9.78 Å². The standard InChI is InChI=1S/C15H18BrN3O/c1-10-12(11(2)19(3)18-10)8-9-15(20)17-14-7-5-4-6-13(14)16/h4-7H,8-9H2,1-3H3,(H,17,20). The summed E-state index contributed by atoms with van der Waals surface area (Å²) in [5, 5.41) is 7.28. The minimum atomic E-state index is 0.0135. The van der Waals surface area contributed by atoms with Gasteiger partial charge in [0.1, 0.15) is 0 Å². The van der Waals surface area contributed by atoms with Crippen LogP contribution in [0.25, 0.3) is 0 Å². The van der Waals surface area contributed by atoms with Crippen molar-refractivity contribution in [3.63, 3.8) is 0 Å². The maximum absolute atomic E-state index is 12.0. The summed E-state index contributed by atoms with van der Waals surface area (Å²) in [6, 6.07) is 7.60. The lowest BCUT2D eigenvalue weighted by Gasteiger charge is -2.07. The maximum atomic E-state index is 12.0. The summed E-state index contributed by atoms with van der Waals surface area (Å²) in [5.41, 5.74) is 4.08. The van der Waals surface area contributed by atoms with Gasteiger partial charge in [0.15, 0.2) is 0 Å². The second-order valence-corrected chi connectivity index (χ2v) is 5.66. The highest BCUT2D eigenvalue weighted by atomic mass is 79.9. The zero-order valence-electron chi connectivity index (χ0n) is 11.9. The lowest BCUT2D eigenvalue weighted by molar-refractivity contribution is -0.116. The number of carbonyl (C=O) groups is 1. The average molecular weight is 336 g/mol. The van der Waals surface area contributed by atoms with Gasteiger partial charge >= 0.3 is 0 Å². The van der Waals surface area contributed by atoms with E-state index in [0.29, 0.717) is 12.8 Å². The smallest absolute Gasteiger partial charge is 0.224 e. The molecular weight excluding hydrogens is 318 g/mol. The molecule has 0 fully saturated rings. The molecule has 2 rings (SSSR count). The Bertz CT molecular complexity index is 634. The fraction of sp³-hybridized carbons (Fsp3) is 0.333. The van der Waals surface area contributed by atoms with Gasteiger partial charge in [-0.1, -0.05) is 12.1 Å². The molecule has 5 heteroatoms. The van der Waals surface area contributed by atoms with Gasteiger partial charge in [0.25, 0.3) is 0 Å². The van der Waals surface area contributed by atoms with Crippen molar-refractivity contribution >= 4 is 27.5 Å². The topological polar surface area (TPSA) is 46.9 Å². The van der Waals surface area contributed by atoms with Crippen LogP contribution in [0.2, 0.25) is 0 Å². The first-order valence-corrected chi connectivity index (χ1v) is 7.31. The molecule has 0 bridgehead atoms. The molecule has 0 radical (unpaired) electrons. The van der Waals surface area contributed by atoms with Crippen LogP contribution in [0.1, 0.15) is 23.4 Å². The van der Waals surface area contributed by atoms with Gasteiger partial charge < -0.3 is 5.32 Å². The van der Waals surface area contributed by atoms with E-state index in [4.69, 9.17) is 0 Å². The molecule has 106 valence electrons. The molecule has 1 aromatic heterocycles. The number of benzene rings is 1. The summed E-state index contributed by atoms with van der Waals surface area (Å²) in [5.74, 6) is 0.0135. The van der Waals surface area contributed by atoms with Crippen LogP contribution in [0.4, 0.5) is 5.69 Å². The lowest BCUT2D eigenvalue weighted by atomic mass is 10.1. The summed E-state index contributed by atoms with van der Waals surface area (Å²) in [4.78, 5) is 12.0. The zero-order valence-corrected chi connectivity index (χ0v) is 13.5. The van der Waals surface area contributed by atoms with Crippen LogP contribution in [0, 0.1) is 13.8 Å². The molecule has 0 unspecified atom stereocenters. The monoisotopic (exact) mass is 335 g/mol. The van der Waals surface area contributed by atoms with Gasteiger partial charge in [0.2, 0.25) is 5.91 Å². The number of halogens is 1. The van der Waals surface area contributed by atoms with Gasteiger partial charge in [0, 0.05) is 23.6 Å². The average Bonchev–Trinajstić information content (AvgIpc) is 2.64. The zero-order chi connectivity index (χ0) is 14.7. The number of amides is 1. The number of aromatic nitrogens is 2. The highest BCUT2D eigenvalue weighted by Gasteiger charge is 2.12. The molecule has 1 aromatic carbocycles. The van der Waals surface area contributed by atoms with E-state index in [1.807, 2.05) is 49.8 Å². The van der Waals surface area contributed by atoms with Gasteiger partial charge in [0.05, 0.1) is 11.4 Å². The van der Waals surface area contributed by atoms with E-state index in [1.165, 1.54) is 0 Å². The number of hydrogen-bond acceptors (Lipinski definition) is 2. The van der Waals surface area contributed by atoms with Gasteiger partial charge in [-0.15, -0.1) is 0 Å². The first kappa shape index (κ1) is 14.8. The Labute approximate surface area is 127 Å². The minimum absolute atomic E-state index is 0.0135. The Kier molecular flexibility index (Phi) is 4.60.